The lowest BCUT2D eigenvalue weighted by molar-refractivity contribution is -0.109. The Morgan fingerprint density at radius 2 is 1.95 bits per heavy atom. The van der Waals surface area contributed by atoms with Gasteiger partial charge in [0.25, 0.3) is 0 Å². The highest BCUT2D eigenvalue weighted by molar-refractivity contribution is 5.67. The third-order valence-corrected chi connectivity index (χ3v) is 4.35. The molecule has 0 atom stereocenters. The zero-order valence-corrected chi connectivity index (χ0v) is 13.3. The highest BCUT2D eigenvalue weighted by atomic mass is 16.6. The number of ether oxygens (including phenoxy) is 1. The van der Waals surface area contributed by atoms with Crippen molar-refractivity contribution in [1.82, 2.24) is 5.32 Å². The van der Waals surface area contributed by atoms with Crippen molar-refractivity contribution < 1.29 is 14.3 Å². The number of alkyl carbamates (subject to hydrolysis) is 1. The largest absolute Gasteiger partial charge is 0.444 e. The van der Waals surface area contributed by atoms with Crippen molar-refractivity contribution in [2.24, 2.45) is 11.3 Å². The van der Waals surface area contributed by atoms with E-state index < -0.39 is 5.60 Å². The minimum absolute atomic E-state index is 0.177. The monoisotopic (exact) mass is 283 g/mol. The second-order valence-electron chi connectivity index (χ2n) is 7.05. The Morgan fingerprint density at radius 3 is 2.40 bits per heavy atom. The average Bonchev–Trinajstić information content (AvgIpc) is 2.37. The zero-order chi connectivity index (χ0) is 15.2. The first kappa shape index (κ1) is 17.0. The second-order valence-corrected chi connectivity index (χ2v) is 7.05. The van der Waals surface area contributed by atoms with Gasteiger partial charge in [0.05, 0.1) is 0 Å². The molecule has 0 heterocycles. The third kappa shape index (κ3) is 5.51. The molecule has 116 valence electrons. The van der Waals surface area contributed by atoms with Gasteiger partial charge in [-0.2, -0.15) is 0 Å². The van der Waals surface area contributed by atoms with E-state index in [1.807, 2.05) is 20.8 Å². The normalized spacial score (nSPS) is 26.9. The first-order chi connectivity index (χ1) is 9.30. The van der Waals surface area contributed by atoms with Crippen LogP contribution < -0.4 is 5.32 Å². The summed E-state index contributed by atoms with van der Waals surface area (Å²) in [5, 5.41) is 2.92. The summed E-state index contributed by atoms with van der Waals surface area (Å²) >= 11 is 0. The number of aldehydes is 1. The maximum Gasteiger partial charge on any atom is 0.407 e. The summed E-state index contributed by atoms with van der Waals surface area (Å²) in [6.07, 6.45) is 6.76. The van der Waals surface area contributed by atoms with Gasteiger partial charge in [-0.05, 0) is 64.2 Å². The molecule has 1 amide bonds. The van der Waals surface area contributed by atoms with Gasteiger partial charge in [-0.15, -0.1) is 0 Å². The first-order valence-corrected chi connectivity index (χ1v) is 7.71. The standard InChI is InChI=1S/C16H29NO3/c1-5-16(9-6-13(7-10-16)8-11-18)12-17-14(19)20-15(2,3)4/h11,13H,5-10,12H2,1-4H3,(H,17,19). The lowest BCUT2D eigenvalue weighted by Gasteiger charge is -2.39. The summed E-state index contributed by atoms with van der Waals surface area (Å²) in [6, 6.07) is 0. The average molecular weight is 283 g/mol. The van der Waals surface area contributed by atoms with Crippen molar-refractivity contribution in [2.45, 2.75) is 71.8 Å². The molecule has 0 bridgehead atoms. The van der Waals surface area contributed by atoms with E-state index in [0.29, 0.717) is 18.9 Å². The molecule has 4 heteroatoms. The van der Waals surface area contributed by atoms with Gasteiger partial charge >= 0.3 is 6.09 Å². The van der Waals surface area contributed by atoms with Gasteiger partial charge in [0.1, 0.15) is 11.9 Å². The van der Waals surface area contributed by atoms with Crippen LogP contribution in [0.4, 0.5) is 4.79 Å². The molecule has 0 aromatic carbocycles. The predicted octanol–water partition coefficient (Wildman–Crippen LogP) is 3.69. The van der Waals surface area contributed by atoms with Crippen molar-refractivity contribution in [3.8, 4) is 0 Å². The molecule has 20 heavy (non-hydrogen) atoms. The first-order valence-electron chi connectivity index (χ1n) is 7.71. The van der Waals surface area contributed by atoms with E-state index in [4.69, 9.17) is 4.74 Å². The Morgan fingerprint density at radius 1 is 1.35 bits per heavy atom. The maximum absolute atomic E-state index is 11.7. The Kier molecular flexibility index (Phi) is 6.03. The van der Waals surface area contributed by atoms with Crippen LogP contribution in [0.5, 0.6) is 0 Å². The summed E-state index contributed by atoms with van der Waals surface area (Å²) in [4.78, 5) is 22.3. The Hall–Kier alpha value is -1.06. The summed E-state index contributed by atoms with van der Waals surface area (Å²) in [5.41, 5.74) is -0.276. The summed E-state index contributed by atoms with van der Waals surface area (Å²) in [5.74, 6) is 0.536. The van der Waals surface area contributed by atoms with Crippen LogP contribution in [0.1, 0.15) is 66.2 Å². The van der Waals surface area contributed by atoms with Crippen LogP contribution in [0.3, 0.4) is 0 Å². The van der Waals surface area contributed by atoms with Gasteiger partial charge in [0.15, 0.2) is 0 Å². The zero-order valence-electron chi connectivity index (χ0n) is 13.3. The molecular weight excluding hydrogens is 254 g/mol. The quantitative estimate of drug-likeness (QED) is 0.783. The minimum atomic E-state index is -0.453. The molecule has 0 radical (unpaired) electrons. The molecule has 0 unspecified atom stereocenters. The second kappa shape index (κ2) is 7.09. The van der Waals surface area contributed by atoms with Gasteiger partial charge < -0.3 is 14.8 Å². The molecule has 0 saturated heterocycles. The number of carbonyl (C=O) groups excluding carboxylic acids is 2. The molecule has 1 rings (SSSR count). The molecule has 4 nitrogen and oxygen atoms in total. The molecule has 1 aliphatic rings. The van der Waals surface area contributed by atoms with Crippen molar-refractivity contribution in [2.75, 3.05) is 6.54 Å². The van der Waals surface area contributed by atoms with Gasteiger partial charge in [-0.3, -0.25) is 0 Å². The predicted molar refractivity (Wildman–Crippen MR) is 79.6 cm³/mol. The Labute approximate surface area is 122 Å². The number of rotatable bonds is 5. The fourth-order valence-electron chi connectivity index (χ4n) is 2.89. The van der Waals surface area contributed by atoms with Crippen LogP contribution in [-0.2, 0) is 9.53 Å². The van der Waals surface area contributed by atoms with Gasteiger partial charge in [-0.25, -0.2) is 4.79 Å². The topological polar surface area (TPSA) is 55.4 Å². The van der Waals surface area contributed by atoms with Gasteiger partial charge in [-0.1, -0.05) is 6.92 Å². The molecule has 1 saturated carbocycles. The molecule has 0 spiro atoms. The van der Waals surface area contributed by atoms with Crippen molar-refractivity contribution >= 4 is 12.4 Å². The van der Waals surface area contributed by atoms with Crippen LogP contribution in [0.25, 0.3) is 0 Å². The van der Waals surface area contributed by atoms with Crippen molar-refractivity contribution in [3.63, 3.8) is 0 Å². The van der Waals surface area contributed by atoms with E-state index >= 15 is 0 Å². The molecule has 1 fully saturated rings. The van der Waals surface area contributed by atoms with Gasteiger partial charge in [0, 0.05) is 13.0 Å². The van der Waals surface area contributed by atoms with Crippen LogP contribution in [-0.4, -0.2) is 24.5 Å². The van der Waals surface area contributed by atoms with E-state index in [9.17, 15) is 9.59 Å². The smallest absolute Gasteiger partial charge is 0.407 e. The molecule has 0 aromatic rings. The number of hydrogen-bond donors (Lipinski definition) is 1. The SMILES string of the molecule is CCC1(CNC(=O)OC(C)(C)C)CCC(CC=O)CC1. The van der Waals surface area contributed by atoms with Gasteiger partial charge in [0.2, 0.25) is 0 Å². The lowest BCUT2D eigenvalue weighted by atomic mass is 9.68. The van der Waals surface area contributed by atoms with Crippen molar-refractivity contribution in [3.05, 3.63) is 0 Å². The number of nitrogens with one attached hydrogen (secondary N) is 1. The fraction of sp³-hybridized carbons (Fsp3) is 0.875. The molecule has 1 aliphatic carbocycles. The van der Waals surface area contributed by atoms with Crippen LogP contribution in [0.15, 0.2) is 0 Å². The van der Waals surface area contributed by atoms with E-state index in [1.54, 1.807) is 0 Å². The summed E-state index contributed by atoms with van der Waals surface area (Å²) in [6.45, 7) is 8.45. The third-order valence-electron chi connectivity index (χ3n) is 4.35. The number of hydrogen-bond acceptors (Lipinski definition) is 3. The van der Waals surface area contributed by atoms with E-state index in [-0.39, 0.29) is 11.5 Å². The summed E-state index contributed by atoms with van der Waals surface area (Å²) in [7, 11) is 0. The van der Waals surface area contributed by atoms with E-state index in [0.717, 1.165) is 38.4 Å². The van der Waals surface area contributed by atoms with Crippen LogP contribution >= 0.6 is 0 Å². The van der Waals surface area contributed by atoms with Crippen molar-refractivity contribution in [1.29, 1.82) is 0 Å². The van der Waals surface area contributed by atoms with E-state index in [1.165, 1.54) is 0 Å². The maximum atomic E-state index is 11.7. The lowest BCUT2D eigenvalue weighted by Crippen LogP contribution is -2.42. The molecular formula is C16H29NO3. The van der Waals surface area contributed by atoms with E-state index in [2.05, 4.69) is 12.2 Å². The molecule has 1 N–H and O–H groups in total. The minimum Gasteiger partial charge on any atom is -0.444 e. The highest BCUT2D eigenvalue weighted by Gasteiger charge is 2.34. The highest BCUT2D eigenvalue weighted by Crippen LogP contribution is 2.41. The summed E-state index contributed by atoms with van der Waals surface area (Å²) < 4.78 is 5.28. The van der Waals surface area contributed by atoms with Crippen LogP contribution in [0, 0.1) is 11.3 Å². The molecule has 0 aromatic heterocycles. The fourth-order valence-corrected chi connectivity index (χ4v) is 2.89. The Balaban J connectivity index is 2.43. The number of amides is 1. The Bertz CT molecular complexity index is 325. The van der Waals surface area contributed by atoms with Crippen LogP contribution in [0.2, 0.25) is 0 Å². The molecule has 0 aliphatic heterocycles. The number of carbonyl (C=O) groups is 2.